The summed E-state index contributed by atoms with van der Waals surface area (Å²) in [4.78, 5) is 31.7. The van der Waals surface area contributed by atoms with E-state index in [0.29, 0.717) is 6.54 Å². The summed E-state index contributed by atoms with van der Waals surface area (Å²) in [5.74, 6) is 0.497. The minimum absolute atomic E-state index is 0.167. The lowest BCUT2D eigenvalue weighted by molar-refractivity contribution is -0.141. The number of methoxy groups -OCH3 is 1. The molecule has 4 heterocycles. The van der Waals surface area contributed by atoms with Crippen LogP contribution in [0.3, 0.4) is 0 Å². The second-order valence-corrected chi connectivity index (χ2v) is 8.67. The van der Waals surface area contributed by atoms with Crippen molar-refractivity contribution in [3.05, 3.63) is 90.3 Å². The van der Waals surface area contributed by atoms with Gasteiger partial charge in [0.1, 0.15) is 17.8 Å². The van der Waals surface area contributed by atoms with Gasteiger partial charge in [0.25, 0.3) is 0 Å². The molecule has 180 valence electrons. The molecule has 5 aromatic rings. The molecule has 1 aromatic carbocycles. The third-order valence-corrected chi connectivity index (χ3v) is 6.15. The van der Waals surface area contributed by atoms with Gasteiger partial charge in [-0.2, -0.15) is 5.10 Å². The smallest absolute Gasteiger partial charge is 0.307 e. The van der Waals surface area contributed by atoms with E-state index in [9.17, 15) is 4.79 Å². The Labute approximate surface area is 209 Å². The molecule has 0 aliphatic carbocycles. The highest BCUT2D eigenvalue weighted by molar-refractivity contribution is 6.04. The zero-order valence-electron chi connectivity index (χ0n) is 20.4. The first-order valence-corrected chi connectivity index (χ1v) is 11.7. The Kier molecular flexibility index (Phi) is 6.59. The number of nitrogens with one attached hydrogen (secondary N) is 1. The molecular weight excluding hydrogens is 453 g/mol. The SMILES string of the molecule is BN(Cc1nc(-c2cccc(C)n2)c(-c2ccc3ncnn3c2)[nH]1)[C@@H](CC(=O)OC)c1ccccc1. The van der Waals surface area contributed by atoms with Crippen LogP contribution in [0.4, 0.5) is 0 Å². The highest BCUT2D eigenvalue weighted by Gasteiger charge is 2.23. The molecule has 0 saturated heterocycles. The van der Waals surface area contributed by atoms with Crippen molar-refractivity contribution in [1.82, 2.24) is 34.4 Å². The number of carbonyl (C=O) groups is 1. The predicted molar refractivity (Wildman–Crippen MR) is 138 cm³/mol. The average Bonchev–Trinajstić information content (AvgIpc) is 3.54. The van der Waals surface area contributed by atoms with E-state index in [1.165, 1.54) is 13.4 Å². The lowest BCUT2D eigenvalue weighted by atomic mass is 9.99. The standard InChI is InChI=1S/C26H26BN7O2/c1-17-7-6-10-20(30-17)26-25(19-11-12-23-28-16-29-34(23)14-19)31-22(32-26)15-33(27)21(13-24(35)36-2)18-8-4-3-5-9-18/h3-12,14,16,21H,13,15,27H2,1-2H3,(H,31,32)/t21-/m0/s1. The van der Waals surface area contributed by atoms with Crippen molar-refractivity contribution in [3.63, 3.8) is 0 Å². The van der Waals surface area contributed by atoms with Crippen LogP contribution in [0.15, 0.2) is 73.2 Å². The zero-order valence-corrected chi connectivity index (χ0v) is 20.4. The van der Waals surface area contributed by atoms with Crippen molar-refractivity contribution in [1.29, 1.82) is 0 Å². The summed E-state index contributed by atoms with van der Waals surface area (Å²) in [5, 5.41) is 4.27. The molecule has 1 N–H and O–H groups in total. The molecular formula is C26H26BN7O2. The first-order valence-electron chi connectivity index (χ1n) is 11.7. The topological polar surface area (TPSA) is 101 Å². The second kappa shape index (κ2) is 10.1. The van der Waals surface area contributed by atoms with Crippen LogP contribution in [0.5, 0.6) is 0 Å². The molecule has 0 aliphatic heterocycles. The van der Waals surface area contributed by atoms with Gasteiger partial charge in [-0.25, -0.2) is 14.5 Å². The van der Waals surface area contributed by atoms with Crippen molar-refractivity contribution in [2.75, 3.05) is 7.11 Å². The summed E-state index contributed by atoms with van der Waals surface area (Å²) in [6, 6.07) is 19.6. The van der Waals surface area contributed by atoms with E-state index in [2.05, 4.69) is 19.9 Å². The summed E-state index contributed by atoms with van der Waals surface area (Å²) in [6.07, 6.45) is 3.69. The van der Waals surface area contributed by atoms with Crippen LogP contribution in [0, 0.1) is 6.92 Å². The number of carbonyl (C=O) groups excluding carboxylic acids is 1. The first kappa shape index (κ1) is 23.4. The molecule has 9 nitrogen and oxygen atoms in total. The van der Waals surface area contributed by atoms with Crippen molar-refractivity contribution in [2.24, 2.45) is 0 Å². The van der Waals surface area contributed by atoms with Crippen LogP contribution in [0.2, 0.25) is 0 Å². The molecule has 10 heteroatoms. The number of fused-ring (bicyclic) bond motifs is 1. The fourth-order valence-electron chi connectivity index (χ4n) is 4.32. The quantitative estimate of drug-likeness (QED) is 0.270. The minimum atomic E-state index is -0.262. The Morgan fingerprint density at radius 1 is 1.11 bits per heavy atom. The number of pyridine rings is 2. The fourth-order valence-corrected chi connectivity index (χ4v) is 4.32. The van der Waals surface area contributed by atoms with Crippen molar-refractivity contribution >= 4 is 19.6 Å². The summed E-state index contributed by atoms with van der Waals surface area (Å²) in [7, 11) is 3.39. The van der Waals surface area contributed by atoms with Gasteiger partial charge in [0.05, 0.1) is 24.9 Å². The van der Waals surface area contributed by atoms with Crippen molar-refractivity contribution in [3.8, 4) is 22.6 Å². The minimum Gasteiger partial charge on any atom is -0.469 e. The largest absolute Gasteiger partial charge is 0.469 e. The monoisotopic (exact) mass is 479 g/mol. The van der Waals surface area contributed by atoms with Crippen LogP contribution in [0.1, 0.15) is 29.5 Å². The lowest BCUT2D eigenvalue weighted by Crippen LogP contribution is -2.28. The molecule has 1 atom stereocenters. The Balaban J connectivity index is 1.53. The third kappa shape index (κ3) is 4.89. The number of aromatic nitrogens is 6. The Morgan fingerprint density at radius 3 is 2.72 bits per heavy atom. The molecule has 0 fully saturated rings. The van der Waals surface area contributed by atoms with Crippen LogP contribution >= 0.6 is 0 Å². The number of aryl methyl sites for hydroxylation is 1. The molecule has 0 spiro atoms. The maximum Gasteiger partial charge on any atom is 0.307 e. The van der Waals surface area contributed by atoms with Gasteiger partial charge in [-0.1, -0.05) is 36.4 Å². The number of nitrogens with zero attached hydrogens (tertiary/aromatic N) is 6. The van der Waals surface area contributed by atoms with Gasteiger partial charge < -0.3 is 14.5 Å². The van der Waals surface area contributed by atoms with Gasteiger partial charge in [0.2, 0.25) is 0 Å². The second-order valence-electron chi connectivity index (χ2n) is 8.67. The molecule has 0 bridgehead atoms. The molecule has 0 amide bonds. The molecule has 36 heavy (non-hydrogen) atoms. The van der Waals surface area contributed by atoms with Crippen LogP contribution in [-0.2, 0) is 16.1 Å². The van der Waals surface area contributed by atoms with E-state index in [1.807, 2.05) is 81.8 Å². The first-order chi connectivity index (χ1) is 17.5. The number of H-pyrrole nitrogens is 1. The van der Waals surface area contributed by atoms with E-state index in [-0.39, 0.29) is 18.4 Å². The highest BCUT2D eigenvalue weighted by Crippen LogP contribution is 2.31. The third-order valence-electron chi connectivity index (χ3n) is 6.15. The number of benzene rings is 1. The van der Waals surface area contributed by atoms with Gasteiger partial charge in [0, 0.05) is 30.0 Å². The number of imidazole rings is 1. The van der Waals surface area contributed by atoms with Crippen molar-refractivity contribution in [2.45, 2.75) is 25.9 Å². The van der Waals surface area contributed by atoms with E-state index < -0.39 is 0 Å². The van der Waals surface area contributed by atoms with Gasteiger partial charge in [-0.15, -0.1) is 0 Å². The molecule has 4 aromatic heterocycles. The summed E-state index contributed by atoms with van der Waals surface area (Å²) < 4.78 is 6.70. The lowest BCUT2D eigenvalue weighted by Gasteiger charge is -2.27. The van der Waals surface area contributed by atoms with Gasteiger partial charge >= 0.3 is 5.97 Å². The van der Waals surface area contributed by atoms with E-state index in [1.54, 1.807) is 4.52 Å². The van der Waals surface area contributed by atoms with Crippen LogP contribution in [-0.4, -0.2) is 55.4 Å². The Morgan fingerprint density at radius 2 is 1.94 bits per heavy atom. The number of aromatic amines is 1. The molecule has 0 unspecified atom stereocenters. The zero-order chi connectivity index (χ0) is 25.1. The fraction of sp³-hybridized carbons (Fsp3) is 0.192. The summed E-state index contributed by atoms with van der Waals surface area (Å²) >= 11 is 0. The van der Waals surface area contributed by atoms with Gasteiger partial charge in [0.15, 0.2) is 13.6 Å². The maximum absolute atomic E-state index is 12.2. The number of rotatable bonds is 8. The maximum atomic E-state index is 12.2. The number of ether oxygens (including phenoxy) is 1. The molecule has 0 saturated carbocycles. The molecule has 0 radical (unpaired) electrons. The van der Waals surface area contributed by atoms with E-state index in [0.717, 1.165) is 45.4 Å². The molecule has 0 aliphatic rings. The number of hydrogen-bond acceptors (Lipinski definition) is 7. The summed E-state index contributed by atoms with van der Waals surface area (Å²) in [5.41, 5.74) is 6.01. The van der Waals surface area contributed by atoms with Crippen LogP contribution in [0.25, 0.3) is 28.3 Å². The highest BCUT2D eigenvalue weighted by atomic mass is 16.5. The van der Waals surface area contributed by atoms with Crippen LogP contribution < -0.4 is 0 Å². The van der Waals surface area contributed by atoms with Crippen molar-refractivity contribution < 1.29 is 9.53 Å². The van der Waals surface area contributed by atoms with E-state index >= 15 is 0 Å². The van der Waals surface area contributed by atoms with Gasteiger partial charge in [-0.05, 0) is 36.8 Å². The Bertz CT molecular complexity index is 1500. The van der Waals surface area contributed by atoms with Gasteiger partial charge in [-0.3, -0.25) is 9.78 Å². The predicted octanol–water partition coefficient (Wildman–Crippen LogP) is 3.14. The Hall–Kier alpha value is -4.31. The number of hydrogen-bond donors (Lipinski definition) is 1. The summed E-state index contributed by atoms with van der Waals surface area (Å²) in [6.45, 7) is 2.45. The average molecular weight is 479 g/mol. The number of esters is 1. The van der Waals surface area contributed by atoms with E-state index in [4.69, 9.17) is 14.7 Å². The molecule has 5 rings (SSSR count). The normalized spacial score (nSPS) is 12.2.